The van der Waals surface area contributed by atoms with Crippen molar-refractivity contribution < 1.29 is 27.4 Å². The van der Waals surface area contributed by atoms with Crippen molar-refractivity contribution in [2.45, 2.75) is 28.1 Å². The van der Waals surface area contributed by atoms with Crippen molar-refractivity contribution in [1.82, 2.24) is 9.71 Å². The number of sulfonamides is 1. The molecule has 0 radical (unpaired) electrons. The van der Waals surface area contributed by atoms with Crippen LogP contribution in [0.3, 0.4) is 0 Å². The van der Waals surface area contributed by atoms with E-state index in [1.165, 1.54) is 48.5 Å². The third-order valence-corrected chi connectivity index (χ3v) is 6.73. The van der Waals surface area contributed by atoms with Gasteiger partial charge in [0.15, 0.2) is 0 Å². The topological polar surface area (TPSA) is 106 Å². The van der Waals surface area contributed by atoms with Crippen molar-refractivity contribution in [3.05, 3.63) is 78.7 Å². The van der Waals surface area contributed by atoms with Crippen LogP contribution >= 0.6 is 11.8 Å². The lowest BCUT2D eigenvalue weighted by atomic mass is 10.2. The second-order valence-electron chi connectivity index (χ2n) is 6.46. The first-order chi connectivity index (χ1) is 14.7. The van der Waals surface area contributed by atoms with E-state index >= 15 is 0 Å². The number of thioether (sulfide) groups is 1. The van der Waals surface area contributed by atoms with Gasteiger partial charge >= 0.3 is 5.97 Å². The number of nitrogens with zero attached hydrogens (tertiary/aromatic N) is 1. The van der Waals surface area contributed by atoms with E-state index in [2.05, 4.69) is 9.71 Å². The molecule has 0 spiro atoms. The molecule has 1 unspecified atom stereocenters. The standard InChI is InChI=1S/C21H19FN2O5S2/c1-14(30-19-4-2-3-13-23-19)20(21(25)26)24-31(27,28)18-11-9-17(10-12-18)29-16-7-5-15(22)6-8-16/h2-14,20,24H,1H3,(H,25,26)/t14?,20-/m0/s1. The minimum Gasteiger partial charge on any atom is -0.480 e. The van der Waals surface area contributed by atoms with Gasteiger partial charge in [0, 0.05) is 11.4 Å². The molecule has 0 bridgehead atoms. The van der Waals surface area contributed by atoms with Crippen LogP contribution in [-0.2, 0) is 14.8 Å². The zero-order valence-electron chi connectivity index (χ0n) is 16.3. The van der Waals surface area contributed by atoms with Gasteiger partial charge in [-0.1, -0.05) is 13.0 Å². The number of hydrogen-bond acceptors (Lipinski definition) is 6. The summed E-state index contributed by atoms with van der Waals surface area (Å²) < 4.78 is 46.2. The van der Waals surface area contributed by atoms with Gasteiger partial charge in [-0.25, -0.2) is 17.8 Å². The zero-order chi connectivity index (χ0) is 22.4. The molecule has 0 amide bonds. The monoisotopic (exact) mass is 462 g/mol. The number of carbonyl (C=O) groups is 1. The van der Waals surface area contributed by atoms with Gasteiger partial charge in [-0.15, -0.1) is 11.8 Å². The second kappa shape index (κ2) is 9.90. The van der Waals surface area contributed by atoms with Crippen LogP contribution in [0.1, 0.15) is 6.92 Å². The maximum atomic E-state index is 13.0. The Morgan fingerprint density at radius 2 is 1.68 bits per heavy atom. The highest BCUT2D eigenvalue weighted by Gasteiger charge is 2.31. The Bertz CT molecular complexity index is 1120. The maximum Gasteiger partial charge on any atom is 0.322 e. The van der Waals surface area contributed by atoms with Crippen molar-refractivity contribution in [1.29, 1.82) is 0 Å². The number of benzene rings is 2. The van der Waals surface area contributed by atoms with E-state index in [1.54, 1.807) is 31.3 Å². The lowest BCUT2D eigenvalue weighted by Gasteiger charge is -2.20. The molecule has 1 aromatic heterocycles. The highest BCUT2D eigenvalue weighted by molar-refractivity contribution is 8.00. The van der Waals surface area contributed by atoms with Crippen LogP contribution < -0.4 is 9.46 Å². The summed E-state index contributed by atoms with van der Waals surface area (Å²) in [6.07, 6.45) is 1.57. The fourth-order valence-corrected chi connectivity index (χ4v) is 4.92. The molecule has 2 N–H and O–H groups in total. The van der Waals surface area contributed by atoms with Crippen LogP contribution in [0.25, 0.3) is 0 Å². The molecule has 31 heavy (non-hydrogen) atoms. The molecule has 2 aromatic carbocycles. The Labute approximate surface area is 183 Å². The second-order valence-corrected chi connectivity index (χ2v) is 9.57. The number of aliphatic carboxylic acids is 1. The Balaban J connectivity index is 1.71. The van der Waals surface area contributed by atoms with Crippen molar-refractivity contribution >= 4 is 27.8 Å². The average molecular weight is 463 g/mol. The highest BCUT2D eigenvalue weighted by Crippen LogP contribution is 2.26. The molecule has 3 rings (SSSR count). The fourth-order valence-electron chi connectivity index (χ4n) is 2.58. The maximum absolute atomic E-state index is 13.0. The lowest BCUT2D eigenvalue weighted by molar-refractivity contribution is -0.138. The summed E-state index contributed by atoms with van der Waals surface area (Å²) in [5.41, 5.74) is 0. The number of ether oxygens (including phenoxy) is 1. The molecular formula is C21H19FN2O5S2. The van der Waals surface area contributed by atoms with Gasteiger partial charge in [0.2, 0.25) is 10.0 Å². The van der Waals surface area contributed by atoms with Gasteiger partial charge in [0.05, 0.1) is 9.92 Å². The number of nitrogens with one attached hydrogen (secondary N) is 1. The van der Waals surface area contributed by atoms with Gasteiger partial charge < -0.3 is 9.84 Å². The molecule has 3 aromatic rings. The minimum atomic E-state index is -4.11. The molecule has 0 fully saturated rings. The van der Waals surface area contributed by atoms with Crippen LogP contribution in [0.5, 0.6) is 11.5 Å². The summed E-state index contributed by atoms with van der Waals surface area (Å²) in [6.45, 7) is 1.61. The molecule has 0 aliphatic heterocycles. The fraction of sp³-hybridized carbons (Fsp3) is 0.143. The largest absolute Gasteiger partial charge is 0.480 e. The predicted octanol–water partition coefficient (Wildman–Crippen LogP) is 3.93. The predicted molar refractivity (Wildman–Crippen MR) is 114 cm³/mol. The minimum absolute atomic E-state index is 0.111. The summed E-state index contributed by atoms with van der Waals surface area (Å²) in [5.74, 6) is -0.958. The van der Waals surface area contributed by atoms with Gasteiger partial charge in [0.1, 0.15) is 23.4 Å². The van der Waals surface area contributed by atoms with Crippen molar-refractivity contribution in [2.75, 3.05) is 0 Å². The third-order valence-electron chi connectivity index (χ3n) is 4.15. The SMILES string of the molecule is CC(Sc1ccccn1)[C@H](NS(=O)(=O)c1ccc(Oc2ccc(F)cc2)cc1)C(=O)O. The summed E-state index contributed by atoms with van der Waals surface area (Å²) in [7, 11) is -4.11. The van der Waals surface area contributed by atoms with E-state index in [4.69, 9.17) is 4.74 Å². The number of pyridine rings is 1. The van der Waals surface area contributed by atoms with Gasteiger partial charge in [-0.3, -0.25) is 4.79 Å². The molecule has 0 saturated carbocycles. The Hall–Kier alpha value is -2.95. The summed E-state index contributed by atoms with van der Waals surface area (Å²) in [4.78, 5) is 15.7. The van der Waals surface area contributed by atoms with Crippen molar-refractivity contribution in [3.63, 3.8) is 0 Å². The molecule has 0 aliphatic carbocycles. The highest BCUT2D eigenvalue weighted by atomic mass is 32.2. The smallest absolute Gasteiger partial charge is 0.322 e. The molecule has 0 saturated heterocycles. The van der Waals surface area contributed by atoms with Gasteiger partial charge in [0.25, 0.3) is 0 Å². The van der Waals surface area contributed by atoms with Gasteiger partial charge in [-0.2, -0.15) is 4.72 Å². The van der Waals surface area contributed by atoms with E-state index in [0.29, 0.717) is 16.5 Å². The molecule has 1 heterocycles. The normalized spacial score (nSPS) is 13.4. The Morgan fingerprint density at radius 1 is 1.06 bits per heavy atom. The van der Waals surface area contributed by atoms with E-state index in [-0.39, 0.29) is 4.90 Å². The zero-order valence-corrected chi connectivity index (χ0v) is 17.9. The van der Waals surface area contributed by atoms with Crippen LogP contribution in [0.2, 0.25) is 0 Å². The lowest BCUT2D eigenvalue weighted by Crippen LogP contribution is -2.46. The van der Waals surface area contributed by atoms with E-state index in [9.17, 15) is 22.7 Å². The number of carboxylic acid groups (broad SMARTS) is 1. The van der Waals surface area contributed by atoms with Crippen molar-refractivity contribution in [3.8, 4) is 11.5 Å². The molecule has 7 nitrogen and oxygen atoms in total. The first kappa shape index (κ1) is 22.7. The van der Waals surface area contributed by atoms with Crippen LogP contribution in [0.15, 0.2) is 82.8 Å². The third kappa shape index (κ3) is 6.27. The molecular weight excluding hydrogens is 443 g/mol. The van der Waals surface area contributed by atoms with Crippen LogP contribution in [0, 0.1) is 5.82 Å². The Kier molecular flexibility index (Phi) is 7.26. The molecule has 0 aliphatic rings. The first-order valence-corrected chi connectivity index (χ1v) is 11.5. The van der Waals surface area contributed by atoms with E-state index < -0.39 is 33.1 Å². The number of rotatable bonds is 9. The van der Waals surface area contributed by atoms with Crippen LogP contribution in [0.4, 0.5) is 4.39 Å². The molecule has 162 valence electrons. The molecule has 10 heteroatoms. The van der Waals surface area contributed by atoms with E-state index in [1.807, 2.05) is 0 Å². The number of carboxylic acids is 1. The Morgan fingerprint density at radius 3 is 2.23 bits per heavy atom. The van der Waals surface area contributed by atoms with Crippen molar-refractivity contribution in [2.24, 2.45) is 0 Å². The average Bonchev–Trinajstić information content (AvgIpc) is 2.74. The van der Waals surface area contributed by atoms with E-state index in [0.717, 1.165) is 11.8 Å². The van der Waals surface area contributed by atoms with Crippen LogP contribution in [-0.4, -0.2) is 35.8 Å². The first-order valence-electron chi connectivity index (χ1n) is 9.11. The molecule has 2 atom stereocenters. The summed E-state index contributed by atoms with van der Waals surface area (Å²) in [5, 5.41) is 9.52. The van der Waals surface area contributed by atoms with Gasteiger partial charge in [-0.05, 0) is 60.7 Å². The number of hydrogen-bond donors (Lipinski definition) is 2. The number of halogens is 1. The summed E-state index contributed by atoms with van der Waals surface area (Å²) >= 11 is 1.15. The number of aromatic nitrogens is 1. The quantitative estimate of drug-likeness (QED) is 0.464. The summed E-state index contributed by atoms with van der Waals surface area (Å²) in [6, 6.07) is 14.7.